The molecule has 2 aromatic carbocycles. The van der Waals surface area contributed by atoms with Gasteiger partial charge in [0.05, 0.1) is 23.6 Å². The number of carbonyl (C=O) groups is 1. The van der Waals surface area contributed by atoms with Crippen molar-refractivity contribution in [2.75, 3.05) is 13.1 Å². The SMILES string of the molecule is Cn1c(=O)oc2ccc(-c3ccc(CC(C#N)NC(=O)C4CCCC(O)CNC4)cc3)cc21. The molecule has 0 spiro atoms. The van der Waals surface area contributed by atoms with Gasteiger partial charge in [-0.25, -0.2) is 4.79 Å². The van der Waals surface area contributed by atoms with Crippen molar-refractivity contribution < 1.29 is 14.3 Å². The Morgan fingerprint density at radius 1 is 1.24 bits per heavy atom. The quantitative estimate of drug-likeness (QED) is 0.550. The predicted molar refractivity (Wildman–Crippen MR) is 124 cm³/mol. The van der Waals surface area contributed by atoms with E-state index in [2.05, 4.69) is 16.7 Å². The van der Waals surface area contributed by atoms with Gasteiger partial charge >= 0.3 is 5.76 Å². The van der Waals surface area contributed by atoms with Gasteiger partial charge in [0.2, 0.25) is 5.91 Å². The van der Waals surface area contributed by atoms with Crippen molar-refractivity contribution in [1.29, 1.82) is 5.26 Å². The van der Waals surface area contributed by atoms with E-state index in [-0.39, 0.29) is 17.9 Å². The number of β-amino-alcohol motifs (C(OH)–C–C–N with tert-alkyl or cyclic N) is 1. The number of nitrogens with zero attached hydrogens (tertiary/aromatic N) is 2. The van der Waals surface area contributed by atoms with E-state index >= 15 is 0 Å². The molecule has 1 aliphatic rings. The number of oxazole rings is 1. The molecule has 0 aliphatic carbocycles. The molecule has 3 N–H and O–H groups in total. The second-order valence-corrected chi connectivity index (χ2v) is 8.64. The topological polar surface area (TPSA) is 120 Å². The summed E-state index contributed by atoms with van der Waals surface area (Å²) in [4.78, 5) is 24.4. The number of amides is 1. The fraction of sp³-hybridized carbons (Fsp3) is 0.400. The third-order valence-corrected chi connectivity index (χ3v) is 6.22. The Labute approximate surface area is 191 Å². The van der Waals surface area contributed by atoms with Gasteiger partial charge in [-0.3, -0.25) is 9.36 Å². The van der Waals surface area contributed by atoms with Gasteiger partial charge < -0.3 is 20.2 Å². The standard InChI is InChI=1S/C25H28N4O4/c1-29-22-12-18(9-10-23(22)33-25(29)32)17-7-5-16(6-8-17)11-20(13-26)28-24(31)19-3-2-4-21(30)15-27-14-19/h5-10,12,19-21,27,30H,2-4,11,14-15H2,1H3,(H,28,31). The van der Waals surface area contributed by atoms with Crippen LogP contribution in [0.1, 0.15) is 24.8 Å². The van der Waals surface area contributed by atoms with Crippen LogP contribution in [-0.4, -0.2) is 40.8 Å². The molecular formula is C25H28N4O4. The van der Waals surface area contributed by atoms with Crippen LogP contribution in [0, 0.1) is 17.2 Å². The van der Waals surface area contributed by atoms with E-state index in [4.69, 9.17) is 4.42 Å². The molecule has 1 fully saturated rings. The Balaban J connectivity index is 1.40. The number of hydrogen-bond donors (Lipinski definition) is 3. The maximum atomic E-state index is 12.7. The van der Waals surface area contributed by atoms with E-state index in [9.17, 15) is 20.0 Å². The molecule has 0 radical (unpaired) electrons. The molecule has 33 heavy (non-hydrogen) atoms. The fourth-order valence-electron chi connectivity index (χ4n) is 4.25. The number of benzene rings is 2. The number of nitriles is 1. The number of carbonyl (C=O) groups excluding carboxylic acids is 1. The van der Waals surface area contributed by atoms with Crippen LogP contribution >= 0.6 is 0 Å². The highest BCUT2D eigenvalue weighted by atomic mass is 16.4. The first-order valence-electron chi connectivity index (χ1n) is 11.2. The lowest BCUT2D eigenvalue weighted by molar-refractivity contribution is -0.125. The summed E-state index contributed by atoms with van der Waals surface area (Å²) in [6.45, 7) is 0.990. The number of aromatic nitrogens is 1. The molecule has 4 rings (SSSR count). The van der Waals surface area contributed by atoms with Crippen LogP contribution in [0.15, 0.2) is 51.7 Å². The number of aryl methyl sites for hydroxylation is 1. The molecule has 172 valence electrons. The average Bonchev–Trinajstić information content (AvgIpc) is 3.09. The lowest BCUT2D eigenvalue weighted by atomic mass is 9.96. The third kappa shape index (κ3) is 5.33. The van der Waals surface area contributed by atoms with Crippen molar-refractivity contribution in [2.24, 2.45) is 13.0 Å². The largest absolute Gasteiger partial charge is 0.419 e. The maximum absolute atomic E-state index is 12.7. The summed E-state index contributed by atoms with van der Waals surface area (Å²) in [5.41, 5.74) is 4.16. The first-order valence-corrected chi connectivity index (χ1v) is 11.2. The molecule has 3 atom stereocenters. The summed E-state index contributed by atoms with van der Waals surface area (Å²) in [7, 11) is 1.67. The van der Waals surface area contributed by atoms with E-state index < -0.39 is 11.8 Å². The van der Waals surface area contributed by atoms with Gasteiger partial charge in [-0.1, -0.05) is 30.3 Å². The van der Waals surface area contributed by atoms with Crippen molar-refractivity contribution >= 4 is 17.0 Å². The minimum Gasteiger partial charge on any atom is -0.408 e. The smallest absolute Gasteiger partial charge is 0.408 e. The first-order chi connectivity index (χ1) is 15.9. The Morgan fingerprint density at radius 3 is 2.76 bits per heavy atom. The molecular weight excluding hydrogens is 420 g/mol. The maximum Gasteiger partial charge on any atom is 0.419 e. The van der Waals surface area contributed by atoms with Gasteiger partial charge in [0.25, 0.3) is 0 Å². The van der Waals surface area contributed by atoms with Crippen LogP contribution in [0.4, 0.5) is 0 Å². The zero-order valence-corrected chi connectivity index (χ0v) is 18.6. The molecule has 8 nitrogen and oxygen atoms in total. The van der Waals surface area contributed by atoms with E-state index in [1.165, 1.54) is 4.57 Å². The molecule has 1 saturated heterocycles. The van der Waals surface area contributed by atoms with E-state index in [1.54, 1.807) is 13.1 Å². The number of nitrogens with one attached hydrogen (secondary N) is 2. The van der Waals surface area contributed by atoms with Crippen LogP contribution < -0.4 is 16.4 Å². The summed E-state index contributed by atoms with van der Waals surface area (Å²) >= 11 is 0. The average molecular weight is 449 g/mol. The summed E-state index contributed by atoms with van der Waals surface area (Å²) in [5, 5.41) is 25.3. The van der Waals surface area contributed by atoms with E-state index in [0.29, 0.717) is 37.9 Å². The molecule has 2 heterocycles. The van der Waals surface area contributed by atoms with E-state index in [0.717, 1.165) is 28.6 Å². The molecule has 3 aromatic rings. The lowest BCUT2D eigenvalue weighted by Gasteiger charge is -2.23. The van der Waals surface area contributed by atoms with Gasteiger partial charge in [-0.2, -0.15) is 5.26 Å². The summed E-state index contributed by atoms with van der Waals surface area (Å²) in [6, 6.07) is 15.0. The molecule has 0 bridgehead atoms. The predicted octanol–water partition coefficient (Wildman–Crippen LogP) is 2.10. The number of aliphatic hydroxyl groups is 1. The van der Waals surface area contributed by atoms with Crippen molar-refractivity contribution in [1.82, 2.24) is 15.2 Å². The Bertz CT molecular complexity index is 1210. The highest BCUT2D eigenvalue weighted by molar-refractivity contribution is 5.81. The Hall–Kier alpha value is -3.41. The molecule has 0 saturated carbocycles. The molecule has 8 heteroatoms. The zero-order valence-electron chi connectivity index (χ0n) is 18.6. The fourth-order valence-corrected chi connectivity index (χ4v) is 4.25. The molecule has 1 amide bonds. The normalized spacial score (nSPS) is 19.9. The van der Waals surface area contributed by atoms with Crippen LogP contribution in [0.3, 0.4) is 0 Å². The van der Waals surface area contributed by atoms with Crippen molar-refractivity contribution in [3.8, 4) is 17.2 Å². The second kappa shape index (κ2) is 10.0. The van der Waals surface area contributed by atoms with Gasteiger partial charge in [0, 0.05) is 26.6 Å². The second-order valence-electron chi connectivity index (χ2n) is 8.64. The van der Waals surface area contributed by atoms with Crippen LogP contribution in [0.25, 0.3) is 22.2 Å². The highest BCUT2D eigenvalue weighted by Crippen LogP contribution is 2.24. The number of aliphatic hydroxyl groups excluding tert-OH is 1. The first kappa shape index (κ1) is 22.8. The van der Waals surface area contributed by atoms with Crippen molar-refractivity contribution in [2.45, 2.75) is 37.8 Å². The lowest BCUT2D eigenvalue weighted by Crippen LogP contribution is -2.44. The minimum absolute atomic E-state index is 0.124. The number of hydrogen-bond acceptors (Lipinski definition) is 6. The molecule has 1 aromatic heterocycles. The summed E-state index contributed by atoms with van der Waals surface area (Å²) < 4.78 is 6.66. The minimum atomic E-state index is -0.615. The summed E-state index contributed by atoms with van der Waals surface area (Å²) in [5.74, 6) is -0.722. The monoisotopic (exact) mass is 448 g/mol. The van der Waals surface area contributed by atoms with Gasteiger partial charge in [-0.05, 0) is 48.1 Å². The van der Waals surface area contributed by atoms with Gasteiger partial charge in [-0.15, -0.1) is 0 Å². The van der Waals surface area contributed by atoms with Gasteiger partial charge in [0.1, 0.15) is 6.04 Å². The van der Waals surface area contributed by atoms with Crippen molar-refractivity contribution in [3.05, 3.63) is 58.6 Å². The number of fused-ring (bicyclic) bond motifs is 1. The van der Waals surface area contributed by atoms with Crippen molar-refractivity contribution in [3.63, 3.8) is 0 Å². The third-order valence-electron chi connectivity index (χ3n) is 6.22. The number of rotatable bonds is 5. The van der Waals surface area contributed by atoms with Crippen LogP contribution in [-0.2, 0) is 18.3 Å². The zero-order chi connectivity index (χ0) is 23.4. The van der Waals surface area contributed by atoms with Gasteiger partial charge in [0.15, 0.2) is 5.58 Å². The highest BCUT2D eigenvalue weighted by Gasteiger charge is 2.23. The summed E-state index contributed by atoms with van der Waals surface area (Å²) in [6.07, 6.45) is 2.20. The molecule has 3 unspecified atom stereocenters. The Morgan fingerprint density at radius 2 is 2.00 bits per heavy atom. The molecule has 1 aliphatic heterocycles. The van der Waals surface area contributed by atoms with Crippen LogP contribution in [0.5, 0.6) is 0 Å². The van der Waals surface area contributed by atoms with E-state index in [1.807, 2.05) is 36.4 Å². The Kier molecular flexibility index (Phi) is 6.92. The van der Waals surface area contributed by atoms with Crippen LogP contribution in [0.2, 0.25) is 0 Å².